The molecule has 0 radical (unpaired) electrons. The molecule has 0 saturated carbocycles. The van der Waals surface area contributed by atoms with E-state index in [9.17, 15) is 8.42 Å². The van der Waals surface area contributed by atoms with E-state index in [1.165, 1.54) is 0 Å². The number of aromatic nitrogens is 2. The van der Waals surface area contributed by atoms with Crippen molar-refractivity contribution in [3.05, 3.63) is 5.89 Å². The van der Waals surface area contributed by atoms with E-state index in [1.807, 2.05) is 0 Å². The number of sulfonamides is 1. The third-order valence-electron chi connectivity index (χ3n) is 1.66. The molecular weight excluding hydrogens is 256 g/mol. The number of nitrogens with zero attached hydrogens (tertiary/aromatic N) is 2. The van der Waals surface area contributed by atoms with Crippen molar-refractivity contribution < 1.29 is 12.8 Å². The standard InChI is InChI=1S/C7H13ClN4O3S/c8-3-2-6-11-12-7(15-6)10-4-1-5-16(9,13)14/h1-5H2,(H,10,12)(H2,9,13,14). The van der Waals surface area contributed by atoms with Crippen LogP contribution in [0.2, 0.25) is 0 Å². The summed E-state index contributed by atoms with van der Waals surface area (Å²) in [5.74, 6) is 0.777. The Morgan fingerprint density at radius 3 is 2.81 bits per heavy atom. The highest BCUT2D eigenvalue weighted by molar-refractivity contribution is 7.89. The van der Waals surface area contributed by atoms with Crippen LogP contribution in [0.4, 0.5) is 6.01 Å². The molecule has 1 rings (SSSR count). The molecule has 0 atom stereocenters. The third kappa shape index (κ3) is 5.29. The molecule has 0 fully saturated rings. The van der Waals surface area contributed by atoms with Gasteiger partial charge in [0.05, 0.1) is 5.75 Å². The van der Waals surface area contributed by atoms with Crippen LogP contribution in [0.1, 0.15) is 12.3 Å². The Balaban J connectivity index is 2.26. The van der Waals surface area contributed by atoms with Gasteiger partial charge in [-0.1, -0.05) is 5.10 Å². The molecule has 3 N–H and O–H groups in total. The second-order valence-electron chi connectivity index (χ2n) is 3.09. The van der Waals surface area contributed by atoms with Crippen molar-refractivity contribution in [1.82, 2.24) is 10.2 Å². The molecule has 0 aliphatic heterocycles. The Morgan fingerprint density at radius 1 is 1.44 bits per heavy atom. The third-order valence-corrected chi connectivity index (χ3v) is 2.70. The fourth-order valence-corrected chi connectivity index (χ4v) is 1.68. The molecule has 0 bridgehead atoms. The number of primary sulfonamides is 1. The fourth-order valence-electron chi connectivity index (χ4n) is 0.976. The number of anilines is 1. The van der Waals surface area contributed by atoms with E-state index in [-0.39, 0.29) is 11.8 Å². The highest BCUT2D eigenvalue weighted by Crippen LogP contribution is 2.06. The summed E-state index contributed by atoms with van der Waals surface area (Å²) in [6.07, 6.45) is 0.888. The van der Waals surface area contributed by atoms with Crippen molar-refractivity contribution in [3.63, 3.8) is 0 Å². The zero-order valence-corrected chi connectivity index (χ0v) is 10.1. The molecule has 0 aliphatic carbocycles. The van der Waals surface area contributed by atoms with E-state index in [2.05, 4.69) is 15.5 Å². The van der Waals surface area contributed by atoms with Crippen LogP contribution in [0.3, 0.4) is 0 Å². The average Bonchev–Trinajstić information content (AvgIpc) is 2.60. The predicted octanol–water partition coefficient (Wildman–Crippen LogP) is -0.0586. The fraction of sp³-hybridized carbons (Fsp3) is 0.714. The van der Waals surface area contributed by atoms with E-state index in [4.69, 9.17) is 21.2 Å². The lowest BCUT2D eigenvalue weighted by Crippen LogP contribution is -2.18. The lowest BCUT2D eigenvalue weighted by atomic mass is 10.5. The summed E-state index contributed by atoms with van der Waals surface area (Å²) in [6, 6.07) is 0.259. The van der Waals surface area contributed by atoms with Gasteiger partial charge in [-0.3, -0.25) is 0 Å². The average molecular weight is 269 g/mol. The minimum atomic E-state index is -3.41. The largest absolute Gasteiger partial charge is 0.408 e. The second kappa shape index (κ2) is 6.02. The molecule has 7 nitrogen and oxygen atoms in total. The molecule has 1 aromatic heterocycles. The number of rotatable bonds is 7. The summed E-state index contributed by atoms with van der Waals surface area (Å²) in [6.45, 7) is 0.402. The predicted molar refractivity (Wildman–Crippen MR) is 59.8 cm³/mol. The molecule has 0 unspecified atom stereocenters. The number of halogens is 1. The van der Waals surface area contributed by atoms with Gasteiger partial charge in [-0.05, 0) is 6.42 Å². The highest BCUT2D eigenvalue weighted by Gasteiger charge is 2.05. The number of hydrogen-bond donors (Lipinski definition) is 2. The Labute approximate surface area is 98.4 Å². The zero-order chi connectivity index (χ0) is 12.0. The molecule has 1 heterocycles. The van der Waals surface area contributed by atoms with Crippen LogP contribution in [-0.4, -0.2) is 36.8 Å². The Bertz CT molecular complexity index is 419. The first-order valence-corrected chi connectivity index (χ1v) is 6.89. The minimum Gasteiger partial charge on any atom is -0.408 e. The topological polar surface area (TPSA) is 111 Å². The van der Waals surface area contributed by atoms with Gasteiger partial charge in [0.15, 0.2) is 0 Å². The number of aryl methyl sites for hydroxylation is 1. The minimum absolute atomic E-state index is 0.0807. The molecule has 0 aliphatic rings. The zero-order valence-electron chi connectivity index (χ0n) is 8.52. The van der Waals surface area contributed by atoms with Crippen LogP contribution in [0.15, 0.2) is 4.42 Å². The molecule has 9 heteroatoms. The summed E-state index contributed by atoms with van der Waals surface area (Å²) >= 11 is 5.49. The molecule has 0 amide bonds. The van der Waals surface area contributed by atoms with Gasteiger partial charge in [0.2, 0.25) is 15.9 Å². The van der Waals surface area contributed by atoms with E-state index in [1.54, 1.807) is 0 Å². The number of hydrogen-bond acceptors (Lipinski definition) is 6. The number of nitrogens with two attached hydrogens (primary N) is 1. The van der Waals surface area contributed by atoms with Crippen molar-refractivity contribution in [3.8, 4) is 0 Å². The first kappa shape index (κ1) is 13.2. The van der Waals surface area contributed by atoms with Gasteiger partial charge in [-0.25, -0.2) is 13.6 Å². The maximum Gasteiger partial charge on any atom is 0.315 e. The van der Waals surface area contributed by atoms with Gasteiger partial charge in [-0.2, -0.15) is 0 Å². The van der Waals surface area contributed by atoms with Crippen LogP contribution in [0, 0.1) is 0 Å². The van der Waals surface area contributed by atoms with Crippen molar-refractivity contribution in [2.75, 3.05) is 23.5 Å². The Kier molecular flexibility index (Phi) is 4.97. The number of alkyl halides is 1. The maximum atomic E-state index is 10.6. The van der Waals surface area contributed by atoms with Crippen molar-refractivity contribution in [2.45, 2.75) is 12.8 Å². The van der Waals surface area contributed by atoms with Crippen LogP contribution in [0.25, 0.3) is 0 Å². The summed E-state index contributed by atoms with van der Waals surface area (Å²) in [5.41, 5.74) is 0. The van der Waals surface area contributed by atoms with Gasteiger partial charge in [0.1, 0.15) is 0 Å². The molecular formula is C7H13ClN4O3S. The number of nitrogens with one attached hydrogen (secondary N) is 1. The SMILES string of the molecule is NS(=O)(=O)CCCNc1nnc(CCCl)o1. The van der Waals surface area contributed by atoms with Gasteiger partial charge >= 0.3 is 6.01 Å². The smallest absolute Gasteiger partial charge is 0.315 e. The van der Waals surface area contributed by atoms with Crippen LogP contribution in [0.5, 0.6) is 0 Å². The second-order valence-corrected chi connectivity index (χ2v) is 5.20. The van der Waals surface area contributed by atoms with E-state index >= 15 is 0 Å². The molecule has 92 valence electrons. The van der Waals surface area contributed by atoms with Crippen LogP contribution >= 0.6 is 11.6 Å². The first-order chi connectivity index (χ1) is 7.51. The lowest BCUT2D eigenvalue weighted by Gasteiger charge is -1.99. The highest BCUT2D eigenvalue weighted by atomic mass is 35.5. The summed E-state index contributed by atoms with van der Waals surface area (Å²) < 4.78 is 26.4. The monoisotopic (exact) mass is 268 g/mol. The molecule has 0 aromatic carbocycles. The summed E-state index contributed by atoms with van der Waals surface area (Å²) in [4.78, 5) is 0. The normalized spacial score (nSPS) is 11.6. The van der Waals surface area contributed by atoms with E-state index in [0.29, 0.717) is 31.2 Å². The molecule has 1 aromatic rings. The van der Waals surface area contributed by atoms with Gasteiger partial charge in [0, 0.05) is 18.8 Å². The Morgan fingerprint density at radius 2 is 2.19 bits per heavy atom. The molecule has 16 heavy (non-hydrogen) atoms. The summed E-state index contributed by atoms with van der Waals surface area (Å²) in [7, 11) is -3.41. The first-order valence-electron chi connectivity index (χ1n) is 4.64. The maximum absolute atomic E-state index is 10.6. The van der Waals surface area contributed by atoms with Crippen LogP contribution < -0.4 is 10.5 Å². The van der Waals surface area contributed by atoms with Gasteiger partial charge < -0.3 is 9.73 Å². The quantitative estimate of drug-likeness (QED) is 0.529. The van der Waals surface area contributed by atoms with Crippen LogP contribution in [-0.2, 0) is 16.4 Å². The van der Waals surface area contributed by atoms with Crippen molar-refractivity contribution >= 4 is 27.6 Å². The van der Waals surface area contributed by atoms with Crippen molar-refractivity contribution in [1.29, 1.82) is 0 Å². The van der Waals surface area contributed by atoms with Crippen molar-refractivity contribution in [2.24, 2.45) is 5.14 Å². The summed E-state index contributed by atoms with van der Waals surface area (Å²) in [5, 5.41) is 15.1. The molecule has 0 saturated heterocycles. The van der Waals surface area contributed by atoms with E-state index < -0.39 is 10.0 Å². The van der Waals surface area contributed by atoms with E-state index in [0.717, 1.165) is 0 Å². The molecule has 0 spiro atoms. The van der Waals surface area contributed by atoms with Gasteiger partial charge in [0.25, 0.3) is 0 Å². The lowest BCUT2D eigenvalue weighted by molar-refractivity contribution is 0.512. The van der Waals surface area contributed by atoms with Gasteiger partial charge in [-0.15, -0.1) is 16.7 Å². The Hall–Kier alpha value is -0.860.